The molecule has 0 saturated heterocycles. The minimum atomic E-state index is -0.370. The van der Waals surface area contributed by atoms with Gasteiger partial charge in [-0.15, -0.1) is 0 Å². The zero-order valence-corrected chi connectivity index (χ0v) is 11.7. The number of ether oxygens (including phenoxy) is 1. The monoisotopic (exact) mass is 282 g/mol. The Balaban J connectivity index is 1.50. The SMILES string of the molecule is O=C(NC1CNc2ccccc2C1)OCc1ccccc1. The molecule has 3 rings (SSSR count). The summed E-state index contributed by atoms with van der Waals surface area (Å²) in [6.07, 6.45) is 0.453. The van der Waals surface area contributed by atoms with Crippen molar-refractivity contribution in [2.45, 2.75) is 19.1 Å². The summed E-state index contributed by atoms with van der Waals surface area (Å²) in [5, 5.41) is 6.23. The molecule has 2 N–H and O–H groups in total. The van der Waals surface area contributed by atoms with Crippen LogP contribution in [0.5, 0.6) is 0 Å². The lowest BCUT2D eigenvalue weighted by Crippen LogP contribution is -2.43. The Kier molecular flexibility index (Phi) is 4.05. The van der Waals surface area contributed by atoms with E-state index in [9.17, 15) is 4.79 Å². The standard InChI is InChI=1S/C17H18N2O2/c20-17(21-12-13-6-2-1-3-7-13)19-15-10-14-8-4-5-9-16(14)18-11-15/h1-9,15,18H,10-12H2,(H,19,20). The van der Waals surface area contributed by atoms with Crippen molar-refractivity contribution in [2.75, 3.05) is 11.9 Å². The van der Waals surface area contributed by atoms with E-state index < -0.39 is 0 Å². The van der Waals surface area contributed by atoms with Crippen LogP contribution in [0.2, 0.25) is 0 Å². The van der Waals surface area contributed by atoms with Crippen LogP contribution in [0.25, 0.3) is 0 Å². The highest BCUT2D eigenvalue weighted by atomic mass is 16.5. The van der Waals surface area contributed by atoms with Gasteiger partial charge in [-0.05, 0) is 23.6 Å². The third-order valence-electron chi connectivity index (χ3n) is 3.56. The maximum Gasteiger partial charge on any atom is 0.407 e. The highest BCUT2D eigenvalue weighted by Crippen LogP contribution is 2.21. The van der Waals surface area contributed by atoms with Crippen LogP contribution in [0.15, 0.2) is 54.6 Å². The van der Waals surface area contributed by atoms with Gasteiger partial charge in [0.1, 0.15) is 6.61 Å². The first-order valence-corrected chi connectivity index (χ1v) is 7.10. The number of fused-ring (bicyclic) bond motifs is 1. The summed E-state index contributed by atoms with van der Waals surface area (Å²) < 4.78 is 5.24. The number of anilines is 1. The number of rotatable bonds is 3. The Morgan fingerprint density at radius 3 is 2.76 bits per heavy atom. The fourth-order valence-electron chi connectivity index (χ4n) is 2.48. The van der Waals surface area contributed by atoms with E-state index in [0.29, 0.717) is 6.61 Å². The van der Waals surface area contributed by atoms with Crippen molar-refractivity contribution in [3.8, 4) is 0 Å². The number of nitrogens with one attached hydrogen (secondary N) is 2. The highest BCUT2D eigenvalue weighted by Gasteiger charge is 2.19. The molecule has 0 spiro atoms. The Morgan fingerprint density at radius 1 is 1.14 bits per heavy atom. The maximum absolute atomic E-state index is 11.8. The summed E-state index contributed by atoms with van der Waals surface area (Å²) in [5.74, 6) is 0. The molecule has 0 aromatic heterocycles. The number of amides is 1. The summed E-state index contributed by atoms with van der Waals surface area (Å²) in [5.41, 5.74) is 3.35. The van der Waals surface area contributed by atoms with Gasteiger partial charge in [-0.2, -0.15) is 0 Å². The van der Waals surface area contributed by atoms with E-state index in [1.165, 1.54) is 5.56 Å². The summed E-state index contributed by atoms with van der Waals surface area (Å²) in [4.78, 5) is 11.8. The van der Waals surface area contributed by atoms with Crippen LogP contribution < -0.4 is 10.6 Å². The second kappa shape index (κ2) is 6.31. The first-order chi connectivity index (χ1) is 10.3. The second-order valence-electron chi connectivity index (χ2n) is 5.15. The van der Waals surface area contributed by atoms with Crippen LogP contribution in [0.3, 0.4) is 0 Å². The van der Waals surface area contributed by atoms with Gasteiger partial charge in [-0.1, -0.05) is 48.5 Å². The lowest BCUT2D eigenvalue weighted by Gasteiger charge is -2.26. The maximum atomic E-state index is 11.8. The minimum Gasteiger partial charge on any atom is -0.445 e. The first-order valence-electron chi connectivity index (χ1n) is 7.10. The van der Waals surface area contributed by atoms with Crippen LogP contribution in [-0.2, 0) is 17.8 Å². The highest BCUT2D eigenvalue weighted by molar-refractivity contribution is 5.68. The molecule has 0 bridgehead atoms. The number of hydrogen-bond acceptors (Lipinski definition) is 3. The van der Waals surface area contributed by atoms with E-state index in [0.717, 1.165) is 24.2 Å². The fraction of sp³-hybridized carbons (Fsp3) is 0.235. The van der Waals surface area contributed by atoms with Crippen molar-refractivity contribution in [3.05, 3.63) is 65.7 Å². The number of carbonyl (C=O) groups is 1. The van der Waals surface area contributed by atoms with Crippen molar-refractivity contribution in [2.24, 2.45) is 0 Å². The predicted molar refractivity (Wildman–Crippen MR) is 82.2 cm³/mol. The second-order valence-corrected chi connectivity index (χ2v) is 5.15. The number of carbonyl (C=O) groups excluding carboxylic acids is 1. The van der Waals surface area contributed by atoms with E-state index in [-0.39, 0.29) is 12.1 Å². The average Bonchev–Trinajstić information content (AvgIpc) is 2.54. The molecule has 4 heteroatoms. The van der Waals surface area contributed by atoms with Gasteiger partial charge >= 0.3 is 6.09 Å². The molecule has 2 aromatic rings. The molecule has 0 fully saturated rings. The quantitative estimate of drug-likeness (QED) is 0.910. The van der Waals surface area contributed by atoms with Gasteiger partial charge in [0, 0.05) is 12.2 Å². The topological polar surface area (TPSA) is 50.4 Å². The average molecular weight is 282 g/mol. The molecule has 2 aromatic carbocycles. The van der Waals surface area contributed by atoms with Crippen molar-refractivity contribution in [1.29, 1.82) is 0 Å². The molecule has 21 heavy (non-hydrogen) atoms. The smallest absolute Gasteiger partial charge is 0.407 e. The summed E-state index contributed by atoms with van der Waals surface area (Å²) >= 11 is 0. The number of hydrogen-bond donors (Lipinski definition) is 2. The normalized spacial score (nSPS) is 16.5. The third-order valence-corrected chi connectivity index (χ3v) is 3.56. The van der Waals surface area contributed by atoms with E-state index in [2.05, 4.69) is 22.8 Å². The van der Waals surface area contributed by atoms with Gasteiger partial charge in [-0.3, -0.25) is 0 Å². The molecule has 1 aliphatic rings. The molecule has 1 heterocycles. The van der Waals surface area contributed by atoms with Crippen molar-refractivity contribution in [3.63, 3.8) is 0 Å². The summed E-state index contributed by atoms with van der Waals surface area (Å²) in [6, 6.07) is 17.9. The summed E-state index contributed by atoms with van der Waals surface area (Å²) in [7, 11) is 0. The van der Waals surface area contributed by atoms with Gasteiger partial charge in [0.05, 0.1) is 6.04 Å². The third kappa shape index (κ3) is 3.54. The van der Waals surface area contributed by atoms with Crippen molar-refractivity contribution in [1.82, 2.24) is 5.32 Å². The Labute approximate surface area is 124 Å². The van der Waals surface area contributed by atoms with E-state index in [1.807, 2.05) is 42.5 Å². The van der Waals surface area contributed by atoms with Crippen LogP contribution in [0.4, 0.5) is 10.5 Å². The molecule has 0 radical (unpaired) electrons. The lowest BCUT2D eigenvalue weighted by molar-refractivity contribution is 0.136. The van der Waals surface area contributed by atoms with Gasteiger partial charge in [0.25, 0.3) is 0 Å². The molecular formula is C17H18N2O2. The van der Waals surface area contributed by atoms with Crippen molar-refractivity contribution < 1.29 is 9.53 Å². The fourth-order valence-corrected chi connectivity index (χ4v) is 2.48. The molecule has 0 aliphatic carbocycles. The zero-order valence-electron chi connectivity index (χ0n) is 11.7. The molecular weight excluding hydrogens is 264 g/mol. The molecule has 4 nitrogen and oxygen atoms in total. The van der Waals surface area contributed by atoms with E-state index in [4.69, 9.17) is 4.74 Å². The largest absolute Gasteiger partial charge is 0.445 e. The van der Waals surface area contributed by atoms with Crippen LogP contribution in [-0.4, -0.2) is 18.7 Å². The Hall–Kier alpha value is -2.49. The molecule has 1 aliphatic heterocycles. The van der Waals surface area contributed by atoms with Gasteiger partial charge < -0.3 is 15.4 Å². The predicted octanol–water partition coefficient (Wildman–Crippen LogP) is 2.95. The van der Waals surface area contributed by atoms with Crippen LogP contribution in [0.1, 0.15) is 11.1 Å². The van der Waals surface area contributed by atoms with E-state index >= 15 is 0 Å². The molecule has 1 atom stereocenters. The molecule has 0 saturated carbocycles. The molecule has 1 amide bonds. The lowest BCUT2D eigenvalue weighted by atomic mass is 10.00. The van der Waals surface area contributed by atoms with E-state index in [1.54, 1.807) is 0 Å². The molecule has 108 valence electrons. The van der Waals surface area contributed by atoms with Crippen molar-refractivity contribution >= 4 is 11.8 Å². The number of para-hydroxylation sites is 1. The van der Waals surface area contributed by atoms with Gasteiger partial charge in [0.2, 0.25) is 0 Å². The van der Waals surface area contributed by atoms with Crippen LogP contribution in [0, 0.1) is 0 Å². The number of alkyl carbamates (subject to hydrolysis) is 1. The minimum absolute atomic E-state index is 0.0585. The van der Waals surface area contributed by atoms with Gasteiger partial charge in [-0.25, -0.2) is 4.79 Å². The summed E-state index contributed by atoms with van der Waals surface area (Å²) in [6.45, 7) is 1.01. The molecule has 1 unspecified atom stereocenters. The van der Waals surface area contributed by atoms with Crippen LogP contribution >= 0.6 is 0 Å². The van der Waals surface area contributed by atoms with Gasteiger partial charge in [0.15, 0.2) is 0 Å². The zero-order chi connectivity index (χ0) is 14.5. The Bertz CT molecular complexity index is 613. The number of benzene rings is 2. The Morgan fingerprint density at radius 2 is 1.90 bits per heavy atom. The first kappa shape index (κ1) is 13.5.